The molecule has 1 atom stereocenters. The minimum atomic E-state index is -0.621. The van der Waals surface area contributed by atoms with E-state index < -0.39 is 6.04 Å². The minimum absolute atomic E-state index is 0.158. The predicted molar refractivity (Wildman–Crippen MR) is 123 cm³/mol. The molecule has 0 saturated heterocycles. The third-order valence-electron chi connectivity index (χ3n) is 4.92. The van der Waals surface area contributed by atoms with Crippen LogP contribution in [0.4, 0.5) is 4.39 Å². The average Bonchev–Trinajstić information content (AvgIpc) is 2.78. The van der Waals surface area contributed by atoms with E-state index >= 15 is 0 Å². The van der Waals surface area contributed by atoms with Gasteiger partial charge in [-0.05, 0) is 42.7 Å². The summed E-state index contributed by atoms with van der Waals surface area (Å²) in [4.78, 5) is 27.3. The number of hydrogen-bond donors (Lipinski definition) is 1. The van der Waals surface area contributed by atoms with Crippen molar-refractivity contribution in [3.63, 3.8) is 0 Å². The maximum atomic E-state index is 13.8. The number of amides is 2. The van der Waals surface area contributed by atoms with Gasteiger partial charge in [0.05, 0.1) is 12.9 Å². The average molecular weight is 447 g/mol. The highest BCUT2D eigenvalue weighted by Gasteiger charge is 2.26. The molecule has 0 radical (unpaired) electrons. The van der Waals surface area contributed by atoms with Crippen LogP contribution in [0.1, 0.15) is 37.8 Å². The summed E-state index contributed by atoms with van der Waals surface area (Å²) in [6.45, 7) is 4.67. The molecule has 2 rings (SSSR count). The second-order valence-electron chi connectivity index (χ2n) is 7.28. The highest BCUT2D eigenvalue weighted by atomic mass is 32.2. The molecule has 5 nitrogen and oxygen atoms in total. The fourth-order valence-electron chi connectivity index (χ4n) is 3.03. The monoisotopic (exact) mass is 446 g/mol. The molecule has 0 aliphatic rings. The van der Waals surface area contributed by atoms with E-state index in [9.17, 15) is 14.0 Å². The molecule has 2 aromatic carbocycles. The predicted octanol–water partition coefficient (Wildman–Crippen LogP) is 4.40. The van der Waals surface area contributed by atoms with Crippen molar-refractivity contribution in [2.45, 2.75) is 45.0 Å². The van der Waals surface area contributed by atoms with Crippen LogP contribution in [0.2, 0.25) is 0 Å². The molecule has 7 heteroatoms. The standard InChI is InChI=1S/C24H31FN2O3S/c1-4-5-13-26-24(29)18(2)27(15-19-9-8-11-21(14-19)30-3)23(28)17-31-16-20-10-6-7-12-22(20)25/h6-12,14,18H,4-5,13,15-17H2,1-3H3,(H,26,29)/t18-/m1/s1. The number of ether oxygens (including phenoxy) is 1. The number of thioether (sulfide) groups is 1. The molecule has 0 unspecified atom stereocenters. The molecule has 0 bridgehead atoms. The fraction of sp³-hybridized carbons (Fsp3) is 0.417. The van der Waals surface area contributed by atoms with Crippen LogP contribution < -0.4 is 10.1 Å². The first-order chi connectivity index (χ1) is 15.0. The van der Waals surface area contributed by atoms with E-state index in [0.29, 0.717) is 30.2 Å². The van der Waals surface area contributed by atoms with Crippen molar-refractivity contribution in [3.05, 3.63) is 65.5 Å². The SMILES string of the molecule is CCCCNC(=O)[C@@H](C)N(Cc1cccc(OC)c1)C(=O)CSCc1ccccc1F. The Labute approximate surface area is 188 Å². The van der Waals surface area contributed by atoms with Gasteiger partial charge in [0.2, 0.25) is 11.8 Å². The number of carbonyl (C=O) groups is 2. The molecule has 31 heavy (non-hydrogen) atoms. The topological polar surface area (TPSA) is 58.6 Å². The van der Waals surface area contributed by atoms with Gasteiger partial charge >= 0.3 is 0 Å². The van der Waals surface area contributed by atoms with Gasteiger partial charge < -0.3 is 15.0 Å². The normalized spacial score (nSPS) is 11.6. The fourth-order valence-corrected chi connectivity index (χ4v) is 3.93. The highest BCUT2D eigenvalue weighted by molar-refractivity contribution is 7.99. The Balaban J connectivity index is 2.08. The van der Waals surface area contributed by atoms with Crippen LogP contribution in [-0.4, -0.2) is 42.2 Å². The van der Waals surface area contributed by atoms with Crippen molar-refractivity contribution in [3.8, 4) is 5.75 Å². The summed E-state index contributed by atoms with van der Waals surface area (Å²) in [5.74, 6) is 0.622. The third-order valence-corrected chi connectivity index (χ3v) is 5.89. The van der Waals surface area contributed by atoms with Crippen molar-refractivity contribution in [1.29, 1.82) is 0 Å². The van der Waals surface area contributed by atoms with Gasteiger partial charge in [-0.1, -0.05) is 43.7 Å². The summed E-state index contributed by atoms with van der Waals surface area (Å²) >= 11 is 1.34. The molecule has 2 amide bonds. The van der Waals surface area contributed by atoms with Gasteiger partial charge in [0, 0.05) is 18.8 Å². The number of benzene rings is 2. The number of carbonyl (C=O) groups excluding carboxylic acids is 2. The summed E-state index contributed by atoms with van der Waals surface area (Å²) in [7, 11) is 1.59. The molecule has 0 aliphatic carbocycles. The third kappa shape index (κ3) is 7.90. The van der Waals surface area contributed by atoms with E-state index in [1.807, 2.05) is 24.3 Å². The van der Waals surface area contributed by atoms with Gasteiger partial charge in [-0.25, -0.2) is 4.39 Å². The van der Waals surface area contributed by atoms with E-state index in [1.54, 1.807) is 37.1 Å². The van der Waals surface area contributed by atoms with Gasteiger partial charge in [0.15, 0.2) is 0 Å². The first-order valence-corrected chi connectivity index (χ1v) is 11.6. The smallest absolute Gasteiger partial charge is 0.242 e. The van der Waals surface area contributed by atoms with Crippen molar-refractivity contribution in [2.75, 3.05) is 19.4 Å². The summed E-state index contributed by atoms with van der Waals surface area (Å²) < 4.78 is 19.1. The lowest BCUT2D eigenvalue weighted by Gasteiger charge is -2.29. The molecule has 0 spiro atoms. The molecule has 1 N–H and O–H groups in total. The molecule has 0 heterocycles. The van der Waals surface area contributed by atoms with Gasteiger partial charge in [-0.15, -0.1) is 11.8 Å². The summed E-state index contributed by atoms with van der Waals surface area (Å²) in [5.41, 5.74) is 1.44. The van der Waals surface area contributed by atoms with Crippen molar-refractivity contribution < 1.29 is 18.7 Å². The number of halogens is 1. The van der Waals surface area contributed by atoms with Gasteiger partial charge in [0.1, 0.15) is 17.6 Å². The van der Waals surface area contributed by atoms with Crippen molar-refractivity contribution in [1.82, 2.24) is 10.2 Å². The van der Waals surface area contributed by atoms with E-state index in [1.165, 1.54) is 17.8 Å². The zero-order valence-corrected chi connectivity index (χ0v) is 19.2. The van der Waals surface area contributed by atoms with E-state index in [4.69, 9.17) is 4.74 Å². The van der Waals surface area contributed by atoms with Crippen LogP contribution >= 0.6 is 11.8 Å². The lowest BCUT2D eigenvalue weighted by molar-refractivity contribution is -0.138. The molecule has 0 saturated carbocycles. The quantitative estimate of drug-likeness (QED) is 0.491. The Bertz CT molecular complexity index is 862. The zero-order valence-electron chi connectivity index (χ0n) is 18.4. The van der Waals surface area contributed by atoms with E-state index in [2.05, 4.69) is 12.2 Å². The lowest BCUT2D eigenvalue weighted by atomic mass is 10.1. The van der Waals surface area contributed by atoms with Gasteiger partial charge in [0.25, 0.3) is 0 Å². The van der Waals surface area contributed by atoms with Gasteiger partial charge in [-0.3, -0.25) is 9.59 Å². The number of nitrogens with one attached hydrogen (secondary N) is 1. The number of unbranched alkanes of at least 4 members (excludes halogenated alkanes) is 1. The molecular formula is C24H31FN2O3S. The highest BCUT2D eigenvalue weighted by Crippen LogP contribution is 2.19. The van der Waals surface area contributed by atoms with Crippen LogP contribution in [-0.2, 0) is 21.9 Å². The first kappa shape index (κ1) is 24.7. The molecule has 0 aliphatic heterocycles. The zero-order chi connectivity index (χ0) is 22.6. The number of methoxy groups -OCH3 is 1. The first-order valence-electron chi connectivity index (χ1n) is 10.5. The maximum absolute atomic E-state index is 13.8. The van der Waals surface area contributed by atoms with E-state index in [0.717, 1.165) is 18.4 Å². The summed E-state index contributed by atoms with van der Waals surface area (Å²) in [5, 5.41) is 2.90. The molecule has 0 fully saturated rings. The van der Waals surface area contributed by atoms with Crippen LogP contribution in [0, 0.1) is 5.82 Å². The minimum Gasteiger partial charge on any atom is -0.497 e. The Kier molecular flexibility index (Phi) is 10.4. The van der Waals surface area contributed by atoms with E-state index in [-0.39, 0.29) is 23.4 Å². The molecular weight excluding hydrogens is 415 g/mol. The van der Waals surface area contributed by atoms with Crippen molar-refractivity contribution >= 4 is 23.6 Å². The molecule has 168 valence electrons. The molecule has 2 aromatic rings. The maximum Gasteiger partial charge on any atom is 0.242 e. The Morgan fingerprint density at radius 2 is 1.97 bits per heavy atom. The molecule has 0 aromatic heterocycles. The summed E-state index contributed by atoms with van der Waals surface area (Å²) in [6, 6.07) is 13.4. The number of rotatable bonds is 12. The Morgan fingerprint density at radius 1 is 1.19 bits per heavy atom. The van der Waals surface area contributed by atoms with Crippen LogP contribution in [0.3, 0.4) is 0 Å². The van der Waals surface area contributed by atoms with Crippen LogP contribution in [0.25, 0.3) is 0 Å². The van der Waals surface area contributed by atoms with Gasteiger partial charge in [-0.2, -0.15) is 0 Å². The number of hydrogen-bond acceptors (Lipinski definition) is 4. The Morgan fingerprint density at radius 3 is 2.68 bits per heavy atom. The largest absolute Gasteiger partial charge is 0.497 e. The summed E-state index contributed by atoms with van der Waals surface area (Å²) in [6.07, 6.45) is 1.87. The second-order valence-corrected chi connectivity index (χ2v) is 8.26. The lowest BCUT2D eigenvalue weighted by Crippen LogP contribution is -2.48. The Hall–Kier alpha value is -2.54. The van der Waals surface area contributed by atoms with Crippen LogP contribution in [0.15, 0.2) is 48.5 Å². The van der Waals surface area contributed by atoms with Crippen molar-refractivity contribution in [2.24, 2.45) is 0 Å². The van der Waals surface area contributed by atoms with Crippen LogP contribution in [0.5, 0.6) is 5.75 Å². The second kappa shape index (κ2) is 13.0. The number of nitrogens with zero attached hydrogens (tertiary/aromatic N) is 1.